The van der Waals surface area contributed by atoms with Crippen LogP contribution in [-0.2, 0) is 14.4 Å². The Morgan fingerprint density at radius 1 is 1.05 bits per heavy atom. The van der Waals surface area contributed by atoms with Crippen molar-refractivity contribution in [2.45, 2.75) is 25.7 Å². The van der Waals surface area contributed by atoms with E-state index in [-0.39, 0.29) is 29.1 Å². The zero-order valence-electron chi connectivity index (χ0n) is 21.4. The summed E-state index contributed by atoms with van der Waals surface area (Å²) in [5.41, 5.74) is -0.341. The van der Waals surface area contributed by atoms with E-state index in [4.69, 9.17) is 4.74 Å². The molecule has 0 aliphatic heterocycles. The topological polar surface area (TPSA) is 118 Å². The Morgan fingerprint density at radius 2 is 1.85 bits per heavy atom. The van der Waals surface area contributed by atoms with Crippen molar-refractivity contribution in [2.75, 3.05) is 22.6 Å². The van der Waals surface area contributed by atoms with E-state index >= 15 is 0 Å². The van der Waals surface area contributed by atoms with Gasteiger partial charge < -0.3 is 20.3 Å². The number of hydrogen-bond acceptors (Lipinski definition) is 6. The average molecular weight is 547 g/mol. The second kappa shape index (κ2) is 9.70. The maximum Gasteiger partial charge on any atom is 0.242 e. The molecule has 2 aliphatic rings. The lowest BCUT2D eigenvalue weighted by molar-refractivity contribution is -0.132. The van der Waals surface area contributed by atoms with Crippen molar-refractivity contribution in [1.82, 2.24) is 14.6 Å². The Labute approximate surface area is 226 Å². The van der Waals surface area contributed by atoms with Gasteiger partial charge in [0.05, 0.1) is 6.20 Å². The Morgan fingerprint density at radius 3 is 2.55 bits per heavy atom. The highest BCUT2D eigenvalue weighted by Gasteiger charge is 2.57. The fourth-order valence-electron chi connectivity index (χ4n) is 4.36. The highest BCUT2D eigenvalue weighted by Crippen LogP contribution is 2.48. The second-order valence-corrected chi connectivity index (χ2v) is 9.99. The molecule has 2 aliphatic carbocycles. The van der Waals surface area contributed by atoms with Gasteiger partial charge in [0.15, 0.2) is 23.0 Å². The van der Waals surface area contributed by atoms with Crippen molar-refractivity contribution in [2.24, 2.45) is 11.3 Å². The van der Waals surface area contributed by atoms with E-state index in [1.165, 1.54) is 59.1 Å². The van der Waals surface area contributed by atoms with E-state index in [9.17, 15) is 23.2 Å². The molecule has 2 aromatic carbocycles. The van der Waals surface area contributed by atoms with Crippen LogP contribution in [0.1, 0.15) is 25.7 Å². The first-order valence-electron chi connectivity index (χ1n) is 12.7. The predicted molar refractivity (Wildman–Crippen MR) is 141 cm³/mol. The third-order valence-corrected chi connectivity index (χ3v) is 6.99. The highest BCUT2D eigenvalue weighted by molar-refractivity contribution is 6.17. The molecule has 2 N–H and O–H groups in total. The fraction of sp³-hybridized carbons (Fsp3) is 0.250. The quantitative estimate of drug-likeness (QED) is 0.314. The van der Waals surface area contributed by atoms with Crippen LogP contribution in [0.2, 0.25) is 0 Å². The average Bonchev–Trinajstić information content (AvgIpc) is 3.86. The summed E-state index contributed by atoms with van der Waals surface area (Å²) in [6.45, 7) is 0. The molecule has 10 nitrogen and oxygen atoms in total. The van der Waals surface area contributed by atoms with Crippen LogP contribution >= 0.6 is 0 Å². The number of aromatic nitrogens is 3. The highest BCUT2D eigenvalue weighted by atomic mass is 19.1. The molecule has 0 saturated heterocycles. The Kier molecular flexibility index (Phi) is 6.16. The summed E-state index contributed by atoms with van der Waals surface area (Å²) >= 11 is 0. The fourth-order valence-corrected chi connectivity index (χ4v) is 4.36. The van der Waals surface area contributed by atoms with Crippen LogP contribution < -0.4 is 20.3 Å². The summed E-state index contributed by atoms with van der Waals surface area (Å²) in [6, 6.07) is 12.6. The number of benzene rings is 2. The number of halogens is 2. The number of carbonyl (C=O) groups excluding carboxylic acids is 3. The first-order chi connectivity index (χ1) is 19.2. The maximum atomic E-state index is 14.9. The molecule has 12 heteroatoms. The summed E-state index contributed by atoms with van der Waals surface area (Å²) in [4.78, 5) is 43.6. The van der Waals surface area contributed by atoms with Crippen molar-refractivity contribution in [3.05, 3.63) is 72.4 Å². The molecular weight excluding hydrogens is 522 g/mol. The van der Waals surface area contributed by atoms with Crippen LogP contribution in [0.5, 0.6) is 11.6 Å². The number of anilines is 3. The number of hydrogen-bond donors (Lipinski definition) is 2. The van der Waals surface area contributed by atoms with Crippen LogP contribution in [0, 0.1) is 23.0 Å². The van der Waals surface area contributed by atoms with Crippen LogP contribution in [0.25, 0.3) is 5.65 Å². The molecule has 4 aromatic rings. The normalized spacial score (nSPS) is 15.4. The van der Waals surface area contributed by atoms with Gasteiger partial charge in [-0.3, -0.25) is 14.4 Å². The largest absolute Gasteiger partial charge is 0.434 e. The molecule has 3 amide bonds. The number of nitrogens with one attached hydrogen (secondary N) is 2. The molecule has 2 heterocycles. The first-order valence-corrected chi connectivity index (χ1v) is 12.7. The van der Waals surface area contributed by atoms with Crippen molar-refractivity contribution in [3.8, 4) is 11.6 Å². The third kappa shape index (κ3) is 4.95. The van der Waals surface area contributed by atoms with E-state index in [1.807, 2.05) is 0 Å². The van der Waals surface area contributed by atoms with Crippen molar-refractivity contribution < 1.29 is 27.9 Å². The molecule has 2 aromatic heterocycles. The summed E-state index contributed by atoms with van der Waals surface area (Å²) in [5.74, 6) is -2.00. The maximum absolute atomic E-state index is 14.9. The molecular formula is C28H24F2N6O4. The van der Waals surface area contributed by atoms with Gasteiger partial charge in [-0.05, 0) is 62.1 Å². The van der Waals surface area contributed by atoms with Crippen LogP contribution in [-0.4, -0.2) is 39.4 Å². The number of fused-ring (bicyclic) bond motifs is 1. The molecule has 0 radical (unpaired) electrons. The molecule has 6 rings (SSSR count). The number of imidazole rings is 1. The molecule has 0 spiro atoms. The van der Waals surface area contributed by atoms with Crippen LogP contribution in [0.3, 0.4) is 0 Å². The molecule has 0 bridgehead atoms. The van der Waals surface area contributed by atoms with E-state index < -0.39 is 28.9 Å². The lowest BCUT2D eigenvalue weighted by Crippen LogP contribution is -2.41. The first kappa shape index (κ1) is 25.4. The van der Waals surface area contributed by atoms with Gasteiger partial charge in [0.2, 0.25) is 23.6 Å². The van der Waals surface area contributed by atoms with Crippen molar-refractivity contribution in [1.29, 1.82) is 0 Å². The number of nitrogens with zero attached hydrogens (tertiary/aromatic N) is 4. The van der Waals surface area contributed by atoms with Gasteiger partial charge in [-0.25, -0.2) is 18.3 Å². The van der Waals surface area contributed by atoms with Crippen LogP contribution in [0.15, 0.2) is 60.8 Å². The summed E-state index contributed by atoms with van der Waals surface area (Å²) in [7, 11) is 1.48. The third-order valence-electron chi connectivity index (χ3n) is 6.99. The number of amides is 3. The zero-order chi connectivity index (χ0) is 28.0. The minimum atomic E-state index is -1.30. The summed E-state index contributed by atoms with van der Waals surface area (Å²) < 4.78 is 35.5. The van der Waals surface area contributed by atoms with Gasteiger partial charge in [-0.15, -0.1) is 5.10 Å². The van der Waals surface area contributed by atoms with Gasteiger partial charge in [0.1, 0.15) is 11.2 Å². The minimum Gasteiger partial charge on any atom is -0.434 e. The summed E-state index contributed by atoms with van der Waals surface area (Å²) in [6.07, 6.45) is 3.94. The van der Waals surface area contributed by atoms with Gasteiger partial charge in [-0.2, -0.15) is 0 Å². The number of carbonyl (C=O) groups is 3. The Bertz CT molecular complexity index is 1660. The summed E-state index contributed by atoms with van der Waals surface area (Å²) in [5, 5.41) is 9.61. The number of ether oxygens (including phenoxy) is 1. The van der Waals surface area contributed by atoms with Gasteiger partial charge in [-0.1, -0.05) is 6.07 Å². The lowest BCUT2D eigenvalue weighted by atomic mass is 10.0. The predicted octanol–water partition coefficient (Wildman–Crippen LogP) is 4.53. The van der Waals surface area contributed by atoms with Gasteiger partial charge >= 0.3 is 0 Å². The minimum absolute atomic E-state index is 0.0317. The van der Waals surface area contributed by atoms with Crippen LogP contribution in [0.4, 0.5) is 26.0 Å². The van der Waals surface area contributed by atoms with Gasteiger partial charge in [0, 0.05) is 36.5 Å². The SMILES string of the molecule is CN(C(=O)C1(C(=O)Nc2ccc(Oc3ccc4nc(NC(=O)C5CC5)cn4n3)c(F)c2)CC1)c1cccc(F)c1. The monoisotopic (exact) mass is 546 g/mol. The zero-order valence-corrected chi connectivity index (χ0v) is 21.4. The molecule has 2 saturated carbocycles. The van der Waals surface area contributed by atoms with Crippen molar-refractivity contribution >= 4 is 40.6 Å². The molecule has 2 fully saturated rings. The van der Waals surface area contributed by atoms with Gasteiger partial charge in [0.25, 0.3) is 0 Å². The Hall–Kier alpha value is -4.87. The molecule has 0 unspecified atom stereocenters. The second-order valence-electron chi connectivity index (χ2n) is 9.99. The van der Waals surface area contributed by atoms with Crippen molar-refractivity contribution in [3.63, 3.8) is 0 Å². The molecule has 204 valence electrons. The lowest BCUT2D eigenvalue weighted by Gasteiger charge is -2.23. The van der Waals surface area contributed by atoms with E-state index in [0.717, 1.165) is 18.9 Å². The standard InChI is InChI=1S/C28H24F2N6O4/c1-35(19-4-2-3-17(29)13-19)27(39)28(11-12-28)26(38)31-18-7-8-21(20(30)14-18)40-24-10-9-23-32-22(15-36(23)34-24)33-25(37)16-5-6-16/h2-4,7-10,13-16H,5-6,11-12H2,1H3,(H,31,38)(H,33,37). The molecule has 40 heavy (non-hydrogen) atoms. The Balaban J connectivity index is 1.12. The number of rotatable bonds is 8. The van der Waals surface area contributed by atoms with E-state index in [0.29, 0.717) is 30.0 Å². The smallest absolute Gasteiger partial charge is 0.242 e. The van der Waals surface area contributed by atoms with E-state index in [2.05, 4.69) is 20.7 Å². The molecule has 0 atom stereocenters. The van der Waals surface area contributed by atoms with E-state index in [1.54, 1.807) is 12.1 Å².